The van der Waals surface area contributed by atoms with Crippen LogP contribution >= 0.6 is 0 Å². The predicted molar refractivity (Wildman–Crippen MR) is 83.5 cm³/mol. The maximum absolute atomic E-state index is 13.0. The molecule has 2 heterocycles. The largest absolute Gasteiger partial charge is 0.381 e. The molecule has 1 atom stereocenters. The monoisotopic (exact) mass is 345 g/mol. The van der Waals surface area contributed by atoms with Crippen LogP contribution in [0.2, 0.25) is 0 Å². The average Bonchev–Trinajstić information content (AvgIpc) is 2.85. The van der Waals surface area contributed by atoms with Crippen molar-refractivity contribution in [2.24, 2.45) is 5.41 Å². The summed E-state index contributed by atoms with van der Waals surface area (Å²) in [5.74, 6) is -3.40. The molecule has 0 bridgehead atoms. The molecule has 1 aromatic rings. The molecule has 4 nitrogen and oxygen atoms in total. The number of anilines is 1. The molecule has 2 fully saturated rings. The van der Waals surface area contributed by atoms with Crippen molar-refractivity contribution >= 4 is 15.5 Å². The Kier molecular flexibility index (Phi) is 4.35. The third-order valence-electron chi connectivity index (χ3n) is 5.41. The predicted octanol–water partition coefficient (Wildman–Crippen LogP) is 3.08. The van der Waals surface area contributed by atoms with Gasteiger partial charge in [0, 0.05) is 25.8 Å². The van der Waals surface area contributed by atoms with Crippen molar-refractivity contribution < 1.29 is 21.9 Å². The molecule has 2 aliphatic heterocycles. The Morgan fingerprint density at radius 3 is 2.52 bits per heavy atom. The first-order chi connectivity index (χ1) is 10.9. The lowest BCUT2D eigenvalue weighted by Crippen LogP contribution is -2.41. The highest BCUT2D eigenvalue weighted by Gasteiger charge is 2.46. The number of hydrogen-bond donors (Lipinski definition) is 0. The van der Waals surface area contributed by atoms with Gasteiger partial charge < -0.3 is 9.64 Å². The Labute approximate surface area is 135 Å². The highest BCUT2D eigenvalue weighted by atomic mass is 32.2. The van der Waals surface area contributed by atoms with Crippen LogP contribution in [-0.2, 0) is 14.6 Å². The first kappa shape index (κ1) is 16.6. The fourth-order valence-electron chi connectivity index (χ4n) is 3.88. The van der Waals surface area contributed by atoms with Gasteiger partial charge in [0.2, 0.25) is 9.84 Å². The summed E-state index contributed by atoms with van der Waals surface area (Å²) in [5.41, 5.74) is 0.476. The average molecular weight is 345 g/mol. The first-order valence-electron chi connectivity index (χ1n) is 7.84. The van der Waals surface area contributed by atoms with E-state index in [0.717, 1.165) is 19.3 Å². The molecule has 2 aliphatic rings. The van der Waals surface area contributed by atoms with Gasteiger partial charge in [0.05, 0.1) is 10.6 Å². The van der Waals surface area contributed by atoms with Gasteiger partial charge in [-0.1, -0.05) is 12.1 Å². The van der Waals surface area contributed by atoms with Crippen molar-refractivity contribution in [1.82, 2.24) is 0 Å². The number of para-hydroxylation sites is 1. The second-order valence-electron chi connectivity index (χ2n) is 6.37. The number of alkyl halides is 2. The van der Waals surface area contributed by atoms with Crippen LogP contribution in [0, 0.1) is 5.41 Å². The molecule has 0 radical (unpaired) electrons. The van der Waals surface area contributed by atoms with Gasteiger partial charge in [-0.2, -0.15) is 8.78 Å². The van der Waals surface area contributed by atoms with Crippen molar-refractivity contribution in [3.63, 3.8) is 0 Å². The number of nitrogens with zero attached hydrogens (tertiary/aromatic N) is 1. The third kappa shape index (κ3) is 2.74. The lowest BCUT2D eigenvalue weighted by atomic mass is 9.74. The molecule has 0 aliphatic carbocycles. The first-order valence-corrected chi connectivity index (χ1v) is 9.39. The zero-order valence-corrected chi connectivity index (χ0v) is 13.9. The molecule has 1 spiro atoms. The van der Waals surface area contributed by atoms with Gasteiger partial charge in [-0.05, 0) is 43.7 Å². The highest BCUT2D eigenvalue weighted by molar-refractivity contribution is 7.91. The molecule has 23 heavy (non-hydrogen) atoms. The molecule has 7 heteroatoms. The van der Waals surface area contributed by atoms with E-state index in [0.29, 0.717) is 25.4 Å². The summed E-state index contributed by atoms with van der Waals surface area (Å²) in [5, 5.41) is 0. The van der Waals surface area contributed by atoms with Crippen molar-refractivity contribution in [3.05, 3.63) is 24.3 Å². The van der Waals surface area contributed by atoms with Gasteiger partial charge in [-0.25, -0.2) is 8.42 Å². The minimum Gasteiger partial charge on any atom is -0.381 e. The lowest BCUT2D eigenvalue weighted by molar-refractivity contribution is 0.0128. The van der Waals surface area contributed by atoms with Gasteiger partial charge in [0.1, 0.15) is 0 Å². The van der Waals surface area contributed by atoms with E-state index in [-0.39, 0.29) is 16.4 Å². The van der Waals surface area contributed by atoms with Crippen molar-refractivity contribution in [1.29, 1.82) is 0 Å². The quantitative estimate of drug-likeness (QED) is 0.845. The van der Waals surface area contributed by atoms with Crippen molar-refractivity contribution in [3.8, 4) is 0 Å². The van der Waals surface area contributed by atoms with Crippen LogP contribution in [0.3, 0.4) is 0 Å². The van der Waals surface area contributed by atoms with Crippen LogP contribution in [0.4, 0.5) is 14.5 Å². The van der Waals surface area contributed by atoms with Crippen LogP contribution in [0.15, 0.2) is 29.2 Å². The van der Waals surface area contributed by atoms with E-state index < -0.39 is 15.6 Å². The minimum atomic E-state index is -4.61. The van der Waals surface area contributed by atoms with Gasteiger partial charge in [-0.3, -0.25) is 0 Å². The molecule has 1 unspecified atom stereocenters. The number of sulfone groups is 1. The van der Waals surface area contributed by atoms with Crippen LogP contribution in [0.5, 0.6) is 0 Å². The normalized spacial score (nSPS) is 24.5. The molecule has 0 saturated carbocycles. The van der Waals surface area contributed by atoms with Gasteiger partial charge in [0.15, 0.2) is 0 Å². The Morgan fingerprint density at radius 1 is 1.22 bits per heavy atom. The summed E-state index contributed by atoms with van der Waals surface area (Å²) in [6.07, 6.45) is 2.78. The summed E-state index contributed by atoms with van der Waals surface area (Å²) < 4.78 is 55.4. The maximum atomic E-state index is 13.0. The Hall–Kier alpha value is -1.21. The maximum Gasteiger partial charge on any atom is 0.341 e. The standard InChI is InChI=1S/C16H21F2NO3S/c1-12-16(7-10-22-11-8-16)6-9-19(12)13-4-2-3-5-14(13)23(20,21)15(17)18/h2-5,12,15H,6-11H2,1H3. The van der Waals surface area contributed by atoms with E-state index in [1.54, 1.807) is 12.1 Å². The number of halogens is 2. The topological polar surface area (TPSA) is 46.6 Å². The Morgan fingerprint density at radius 2 is 1.87 bits per heavy atom. The van der Waals surface area contributed by atoms with Crippen LogP contribution in [0.1, 0.15) is 26.2 Å². The van der Waals surface area contributed by atoms with E-state index in [2.05, 4.69) is 6.92 Å². The number of benzene rings is 1. The summed E-state index contributed by atoms with van der Waals surface area (Å²) in [4.78, 5) is 1.70. The third-order valence-corrected chi connectivity index (χ3v) is 6.84. The molecule has 128 valence electrons. The van der Waals surface area contributed by atoms with E-state index in [9.17, 15) is 17.2 Å². The Bertz CT molecular complexity index is 672. The number of rotatable bonds is 3. The van der Waals surface area contributed by atoms with E-state index >= 15 is 0 Å². The van der Waals surface area contributed by atoms with Gasteiger partial charge in [0.25, 0.3) is 0 Å². The SMILES string of the molecule is CC1N(c2ccccc2S(=O)(=O)C(F)F)CCC12CCOCC2. The zero-order chi connectivity index (χ0) is 16.7. The minimum absolute atomic E-state index is 0.0833. The summed E-state index contributed by atoms with van der Waals surface area (Å²) >= 11 is 0. The molecule has 3 rings (SSSR count). The molecule has 0 aromatic heterocycles. The molecular weight excluding hydrogens is 324 g/mol. The van der Waals surface area contributed by atoms with Crippen molar-refractivity contribution in [2.75, 3.05) is 24.7 Å². The van der Waals surface area contributed by atoms with E-state index in [4.69, 9.17) is 4.74 Å². The summed E-state index contributed by atoms with van der Waals surface area (Å²) in [6.45, 7) is 4.14. The number of ether oxygens (including phenoxy) is 1. The van der Waals surface area contributed by atoms with Crippen LogP contribution in [0.25, 0.3) is 0 Å². The smallest absolute Gasteiger partial charge is 0.341 e. The molecule has 2 saturated heterocycles. The van der Waals surface area contributed by atoms with E-state index in [1.807, 2.05) is 4.90 Å². The number of hydrogen-bond acceptors (Lipinski definition) is 4. The zero-order valence-electron chi connectivity index (χ0n) is 13.0. The fourth-order valence-corrected chi connectivity index (χ4v) is 4.82. The fraction of sp³-hybridized carbons (Fsp3) is 0.625. The molecule has 0 N–H and O–H groups in total. The lowest BCUT2D eigenvalue weighted by Gasteiger charge is -2.39. The van der Waals surface area contributed by atoms with Crippen molar-refractivity contribution in [2.45, 2.75) is 42.9 Å². The van der Waals surface area contributed by atoms with Crippen LogP contribution < -0.4 is 4.90 Å². The van der Waals surface area contributed by atoms with Crippen LogP contribution in [-0.4, -0.2) is 40.0 Å². The summed E-state index contributed by atoms with van der Waals surface area (Å²) in [6, 6.07) is 6.19. The highest BCUT2D eigenvalue weighted by Crippen LogP contribution is 2.47. The van der Waals surface area contributed by atoms with Gasteiger partial charge in [-0.15, -0.1) is 0 Å². The molecule has 1 aromatic carbocycles. The van der Waals surface area contributed by atoms with E-state index in [1.165, 1.54) is 12.1 Å². The molecular formula is C16H21F2NO3S. The second kappa shape index (κ2) is 6.02. The molecule has 0 amide bonds. The summed E-state index contributed by atoms with van der Waals surface area (Å²) in [7, 11) is -4.61. The Balaban J connectivity index is 1.98. The second-order valence-corrected chi connectivity index (χ2v) is 8.25. The van der Waals surface area contributed by atoms with Gasteiger partial charge >= 0.3 is 5.76 Å².